The first-order valence-corrected chi connectivity index (χ1v) is 6.91. The SMILES string of the molecule is O=C([O-])[C@H](O)[C@@H](O)[C@H](O)[C@H](O)CO.O=C([O-])[C@H](O)[C@@H](O)[C@H](O)[C@H](O)CO.[Cu+2].[Zn+2]. The van der Waals surface area contributed by atoms with Gasteiger partial charge in [0.25, 0.3) is 0 Å². The summed E-state index contributed by atoms with van der Waals surface area (Å²) < 4.78 is 0. The number of hydrogen-bond acceptors (Lipinski definition) is 14. The molecule has 1 radical (unpaired) electrons. The molecular weight excluding hydrogens is 497 g/mol. The van der Waals surface area contributed by atoms with Crippen molar-refractivity contribution >= 4 is 11.9 Å². The van der Waals surface area contributed by atoms with Gasteiger partial charge in [0.1, 0.15) is 48.8 Å². The molecule has 0 aromatic rings. The fourth-order valence-corrected chi connectivity index (χ4v) is 1.32. The zero-order valence-corrected chi connectivity index (χ0v) is 18.1. The molecule has 0 aliphatic rings. The molecule has 0 saturated heterocycles. The van der Waals surface area contributed by atoms with Gasteiger partial charge in [0, 0.05) is 0 Å². The van der Waals surface area contributed by atoms with E-state index in [1.807, 2.05) is 0 Å². The number of aliphatic carboxylic acids is 2. The van der Waals surface area contributed by atoms with Crippen LogP contribution in [0.5, 0.6) is 0 Å². The predicted octanol–water partition coefficient (Wildman–Crippen LogP) is -9.66. The van der Waals surface area contributed by atoms with Crippen LogP contribution in [-0.4, -0.2) is 125 Å². The van der Waals surface area contributed by atoms with Gasteiger partial charge in [-0.25, -0.2) is 0 Å². The monoisotopic (exact) mass is 517 g/mol. The molecule has 0 aromatic heterocycles. The standard InChI is InChI=1S/2C6H12O7.Cu.Zn/c2*7-1-2(8)3(9)4(10)5(11)6(12)13;;/h2*2-5,7-11H,1H2,(H,12,13);;/q;;2*+2/p-2/t2*2-,3-,4+,5-;;/m11../s1. The van der Waals surface area contributed by atoms with Crippen molar-refractivity contribution in [1.82, 2.24) is 0 Å². The number of carboxylic acid groups (broad SMARTS) is 2. The average Bonchev–Trinajstić information content (AvgIpc) is 2.62. The third kappa shape index (κ3) is 12.3. The third-order valence-corrected chi connectivity index (χ3v) is 2.99. The summed E-state index contributed by atoms with van der Waals surface area (Å²) in [5.41, 5.74) is 0. The van der Waals surface area contributed by atoms with E-state index in [-0.39, 0.29) is 36.5 Å². The van der Waals surface area contributed by atoms with E-state index in [0.29, 0.717) is 0 Å². The van der Waals surface area contributed by atoms with Crippen LogP contribution in [0.25, 0.3) is 0 Å². The van der Waals surface area contributed by atoms with E-state index < -0.39 is 74.0 Å². The summed E-state index contributed by atoms with van der Waals surface area (Å²) in [7, 11) is 0. The van der Waals surface area contributed by atoms with Gasteiger partial charge in [-0.05, 0) is 0 Å². The number of carbonyl (C=O) groups excluding carboxylic acids is 2. The molecule has 165 valence electrons. The Balaban J connectivity index is -0.000000192. The van der Waals surface area contributed by atoms with Gasteiger partial charge in [-0.2, -0.15) is 0 Å². The second-order valence-corrected chi connectivity index (χ2v) is 4.99. The molecular formula is C12H22CuO14Zn+2. The van der Waals surface area contributed by atoms with Crippen LogP contribution in [0.1, 0.15) is 0 Å². The van der Waals surface area contributed by atoms with Crippen molar-refractivity contribution in [2.75, 3.05) is 13.2 Å². The van der Waals surface area contributed by atoms with Crippen LogP contribution in [0.4, 0.5) is 0 Å². The summed E-state index contributed by atoms with van der Waals surface area (Å²) in [5.74, 6) is -3.95. The van der Waals surface area contributed by atoms with Crippen molar-refractivity contribution in [3.63, 3.8) is 0 Å². The van der Waals surface area contributed by atoms with Crippen LogP contribution >= 0.6 is 0 Å². The Bertz CT molecular complexity index is 391. The quantitative estimate of drug-likeness (QED) is 0.120. The zero-order chi connectivity index (χ0) is 21.2. The van der Waals surface area contributed by atoms with Gasteiger partial charge in [-0.3, -0.25) is 0 Å². The van der Waals surface area contributed by atoms with Gasteiger partial charge >= 0.3 is 36.5 Å². The van der Waals surface area contributed by atoms with Gasteiger partial charge < -0.3 is 70.9 Å². The molecule has 0 heterocycles. The Labute approximate surface area is 181 Å². The number of aliphatic hydroxyl groups excluding tert-OH is 10. The summed E-state index contributed by atoms with van der Waals surface area (Å²) in [6.07, 6.45) is -16.2. The van der Waals surface area contributed by atoms with Crippen molar-refractivity contribution in [2.45, 2.75) is 48.8 Å². The number of carbonyl (C=O) groups is 2. The molecule has 0 rings (SSSR count). The topological polar surface area (TPSA) is 283 Å². The summed E-state index contributed by atoms with van der Waals surface area (Å²) in [4.78, 5) is 20.0. The molecule has 14 nitrogen and oxygen atoms in total. The number of rotatable bonds is 10. The Morgan fingerprint density at radius 2 is 0.821 bits per heavy atom. The Morgan fingerprint density at radius 3 is 0.964 bits per heavy atom. The first-order valence-electron chi connectivity index (χ1n) is 6.91. The van der Waals surface area contributed by atoms with Crippen LogP contribution in [-0.2, 0) is 46.1 Å². The maximum atomic E-state index is 9.98. The van der Waals surface area contributed by atoms with E-state index in [2.05, 4.69) is 0 Å². The first-order chi connectivity index (χ1) is 11.8. The molecule has 8 atom stereocenters. The molecule has 0 amide bonds. The molecule has 0 aromatic carbocycles. The van der Waals surface area contributed by atoms with Crippen molar-refractivity contribution in [2.24, 2.45) is 0 Å². The maximum absolute atomic E-state index is 9.98. The van der Waals surface area contributed by atoms with Crippen molar-refractivity contribution in [3.05, 3.63) is 0 Å². The Kier molecular flexibility index (Phi) is 22.0. The number of hydrogen-bond donors (Lipinski definition) is 10. The van der Waals surface area contributed by atoms with E-state index in [4.69, 9.17) is 51.1 Å². The van der Waals surface area contributed by atoms with E-state index in [1.54, 1.807) is 0 Å². The van der Waals surface area contributed by atoms with Crippen LogP contribution in [0.3, 0.4) is 0 Å². The van der Waals surface area contributed by atoms with Crippen molar-refractivity contribution in [1.29, 1.82) is 0 Å². The van der Waals surface area contributed by atoms with Gasteiger partial charge in [0.2, 0.25) is 0 Å². The summed E-state index contributed by atoms with van der Waals surface area (Å²) in [5, 5.41) is 107. The van der Waals surface area contributed by atoms with Gasteiger partial charge in [0.05, 0.1) is 25.2 Å². The van der Waals surface area contributed by atoms with Crippen LogP contribution in [0, 0.1) is 0 Å². The average molecular weight is 519 g/mol. The minimum Gasteiger partial charge on any atom is -0.547 e. The van der Waals surface area contributed by atoms with Crippen LogP contribution in [0.15, 0.2) is 0 Å². The first kappa shape index (κ1) is 35.1. The molecule has 0 fully saturated rings. The van der Waals surface area contributed by atoms with Crippen molar-refractivity contribution < 1.29 is 107 Å². The molecule has 0 aliphatic heterocycles. The molecule has 10 N–H and O–H groups in total. The maximum Gasteiger partial charge on any atom is 2.00 e. The smallest absolute Gasteiger partial charge is 0.547 e. The zero-order valence-electron chi connectivity index (χ0n) is 14.1. The summed E-state index contributed by atoms with van der Waals surface area (Å²) >= 11 is 0. The molecule has 0 unspecified atom stereocenters. The van der Waals surface area contributed by atoms with Gasteiger partial charge in [-0.15, -0.1) is 0 Å². The molecule has 28 heavy (non-hydrogen) atoms. The number of aliphatic hydroxyl groups is 10. The fraction of sp³-hybridized carbons (Fsp3) is 0.833. The molecule has 0 spiro atoms. The molecule has 0 bridgehead atoms. The van der Waals surface area contributed by atoms with Crippen LogP contribution in [0.2, 0.25) is 0 Å². The predicted molar refractivity (Wildman–Crippen MR) is 72.2 cm³/mol. The fourth-order valence-electron chi connectivity index (χ4n) is 1.32. The van der Waals surface area contributed by atoms with E-state index >= 15 is 0 Å². The summed E-state index contributed by atoms with van der Waals surface area (Å²) in [6, 6.07) is 0. The van der Waals surface area contributed by atoms with E-state index in [9.17, 15) is 19.8 Å². The third-order valence-electron chi connectivity index (χ3n) is 2.99. The van der Waals surface area contributed by atoms with Crippen LogP contribution < -0.4 is 10.2 Å². The van der Waals surface area contributed by atoms with Gasteiger partial charge in [-0.1, -0.05) is 0 Å². The Hall–Kier alpha value is -0.317. The van der Waals surface area contributed by atoms with E-state index in [1.165, 1.54) is 0 Å². The molecule has 0 aliphatic carbocycles. The number of carboxylic acids is 2. The molecule has 0 saturated carbocycles. The van der Waals surface area contributed by atoms with E-state index in [0.717, 1.165) is 0 Å². The van der Waals surface area contributed by atoms with Crippen molar-refractivity contribution in [3.8, 4) is 0 Å². The normalized spacial score (nSPS) is 18.9. The minimum atomic E-state index is -2.31. The summed E-state index contributed by atoms with van der Waals surface area (Å²) in [6.45, 7) is -1.73. The second-order valence-electron chi connectivity index (χ2n) is 4.99. The molecule has 16 heteroatoms. The second kappa shape index (κ2) is 17.5. The Morgan fingerprint density at radius 1 is 0.607 bits per heavy atom. The minimum absolute atomic E-state index is 0. The largest absolute Gasteiger partial charge is 2.00 e. The van der Waals surface area contributed by atoms with Gasteiger partial charge in [0.15, 0.2) is 0 Å².